The summed E-state index contributed by atoms with van der Waals surface area (Å²) in [6.45, 7) is 14.5. The van der Waals surface area contributed by atoms with Crippen LogP contribution in [0.5, 0.6) is 0 Å². The fraction of sp³-hybridized carbons (Fsp3) is 0.567. The van der Waals surface area contributed by atoms with E-state index in [1.807, 2.05) is 39.0 Å². The summed E-state index contributed by atoms with van der Waals surface area (Å²) in [7, 11) is 0.605. The molecule has 2 aromatic heterocycles. The second-order valence-corrected chi connectivity index (χ2v) is 11.8. The molecule has 0 radical (unpaired) electrons. The van der Waals surface area contributed by atoms with E-state index in [1.54, 1.807) is 38.1 Å². The monoisotopic (exact) mass is 640 g/mol. The minimum Gasteiger partial charge on any atom is -0.389 e. The molecule has 0 spiro atoms. The third-order valence-corrected chi connectivity index (χ3v) is 7.87. The van der Waals surface area contributed by atoms with E-state index in [0.717, 1.165) is 45.2 Å². The maximum atomic E-state index is 13.7. The molecule has 0 amide bonds. The van der Waals surface area contributed by atoms with E-state index in [2.05, 4.69) is 31.0 Å². The normalized spacial score (nSPS) is 15.1. The summed E-state index contributed by atoms with van der Waals surface area (Å²) in [5, 5.41) is 23.6. The lowest BCUT2D eigenvalue weighted by molar-refractivity contribution is -0.137. The molecule has 3 heterocycles. The average Bonchev–Trinajstić information content (AvgIpc) is 3.46. The van der Waals surface area contributed by atoms with Gasteiger partial charge in [0.25, 0.3) is 0 Å². The van der Waals surface area contributed by atoms with Gasteiger partial charge in [-0.15, -0.1) is 0 Å². The van der Waals surface area contributed by atoms with Gasteiger partial charge in [0.15, 0.2) is 0 Å². The molecule has 1 aliphatic rings. The van der Waals surface area contributed by atoms with Crippen LogP contribution in [0.4, 0.5) is 24.8 Å². The lowest BCUT2D eigenvalue weighted by Crippen LogP contribution is -2.44. The third-order valence-electron chi connectivity index (χ3n) is 6.36. The first-order valence-corrected chi connectivity index (χ1v) is 16.1. The first-order valence-electron chi connectivity index (χ1n) is 15.0. The van der Waals surface area contributed by atoms with Crippen molar-refractivity contribution in [3.63, 3.8) is 0 Å². The fourth-order valence-corrected chi connectivity index (χ4v) is 5.61. The van der Waals surface area contributed by atoms with Gasteiger partial charge in [0.05, 0.1) is 28.9 Å². The van der Waals surface area contributed by atoms with Crippen LogP contribution in [0, 0.1) is 0 Å². The lowest BCUT2D eigenvalue weighted by atomic mass is 10.1. The van der Waals surface area contributed by atoms with Gasteiger partial charge >= 0.3 is 6.18 Å². The van der Waals surface area contributed by atoms with E-state index in [1.165, 1.54) is 17.1 Å². The topological polar surface area (TPSA) is 120 Å². The second kappa shape index (κ2) is 17.5. The van der Waals surface area contributed by atoms with Gasteiger partial charge in [-0.2, -0.15) is 18.3 Å². The van der Waals surface area contributed by atoms with Crippen molar-refractivity contribution >= 4 is 22.6 Å². The maximum absolute atomic E-state index is 13.7. The zero-order valence-electron chi connectivity index (χ0n) is 26.7. The highest BCUT2D eigenvalue weighted by Gasteiger charge is 2.36. The molecule has 44 heavy (non-hydrogen) atoms. The van der Waals surface area contributed by atoms with Crippen LogP contribution < -0.4 is 16.0 Å². The summed E-state index contributed by atoms with van der Waals surface area (Å²) < 4.78 is 57.6. The molecule has 4 N–H and O–H groups in total. The summed E-state index contributed by atoms with van der Waals surface area (Å²) in [4.78, 5) is 8.65. The Kier molecular flexibility index (Phi) is 14.9. The first-order chi connectivity index (χ1) is 20.9. The SMILES string of the molecule is CC.CC.CNCCNC1CCN(S(=O)c2ccc(Nc3ncc(C(F)(F)F)c(-c4cnn(CC(C)(C)O)c4)n3)cc2)CC1. The highest BCUT2D eigenvalue weighted by molar-refractivity contribution is 7.82. The molecule has 14 heteroatoms. The largest absolute Gasteiger partial charge is 0.419 e. The molecule has 1 fully saturated rings. The molecule has 0 aliphatic carbocycles. The van der Waals surface area contributed by atoms with Gasteiger partial charge in [-0.05, 0) is 58.0 Å². The Balaban J connectivity index is 0.00000162. The Morgan fingerprint density at radius 2 is 1.66 bits per heavy atom. The molecule has 4 rings (SSSR count). The van der Waals surface area contributed by atoms with E-state index >= 15 is 0 Å². The van der Waals surface area contributed by atoms with Gasteiger partial charge in [-0.3, -0.25) is 4.68 Å². The van der Waals surface area contributed by atoms with E-state index in [9.17, 15) is 22.5 Å². The van der Waals surface area contributed by atoms with E-state index in [-0.39, 0.29) is 23.8 Å². The Hall–Kier alpha value is -2.91. The molecular weight excluding hydrogens is 593 g/mol. The number of nitrogens with zero attached hydrogens (tertiary/aromatic N) is 5. The molecular formula is C30H47F3N8O2S. The maximum Gasteiger partial charge on any atom is 0.419 e. The van der Waals surface area contributed by atoms with Crippen molar-refractivity contribution in [3.05, 3.63) is 48.4 Å². The van der Waals surface area contributed by atoms with E-state index in [0.29, 0.717) is 16.6 Å². The van der Waals surface area contributed by atoms with Crippen LogP contribution in [0.25, 0.3) is 11.3 Å². The second-order valence-electron chi connectivity index (χ2n) is 10.4. The van der Waals surface area contributed by atoms with Gasteiger partial charge in [0, 0.05) is 55.9 Å². The quantitative estimate of drug-likeness (QED) is 0.211. The smallest absolute Gasteiger partial charge is 0.389 e. The van der Waals surface area contributed by atoms with E-state index in [4.69, 9.17) is 0 Å². The van der Waals surface area contributed by atoms with Crippen molar-refractivity contribution < 1.29 is 22.5 Å². The molecule has 0 bridgehead atoms. The van der Waals surface area contributed by atoms with Crippen molar-refractivity contribution in [2.45, 2.75) is 83.6 Å². The van der Waals surface area contributed by atoms with Crippen LogP contribution in [-0.4, -0.2) is 78.2 Å². The van der Waals surface area contributed by atoms with Gasteiger partial charge in [-0.25, -0.2) is 18.5 Å². The van der Waals surface area contributed by atoms with Crippen molar-refractivity contribution in [2.24, 2.45) is 0 Å². The van der Waals surface area contributed by atoms with Crippen LogP contribution in [0.3, 0.4) is 0 Å². The summed E-state index contributed by atoms with van der Waals surface area (Å²) >= 11 is 0. The number of alkyl halides is 3. The number of anilines is 2. The predicted octanol–water partition coefficient (Wildman–Crippen LogP) is 5.22. The molecule has 1 aliphatic heterocycles. The summed E-state index contributed by atoms with van der Waals surface area (Å²) in [5.74, 6) is -0.0278. The molecule has 0 saturated carbocycles. The first kappa shape index (κ1) is 37.3. The number of nitrogens with one attached hydrogen (secondary N) is 3. The van der Waals surface area contributed by atoms with Crippen molar-refractivity contribution in [1.29, 1.82) is 0 Å². The Morgan fingerprint density at radius 3 is 2.23 bits per heavy atom. The predicted molar refractivity (Wildman–Crippen MR) is 170 cm³/mol. The molecule has 1 atom stereocenters. The Labute approximate surface area is 261 Å². The van der Waals surface area contributed by atoms with Gasteiger partial charge in [-0.1, -0.05) is 27.7 Å². The molecule has 1 saturated heterocycles. The van der Waals surface area contributed by atoms with Crippen LogP contribution in [0.15, 0.2) is 47.8 Å². The number of aliphatic hydroxyl groups is 1. The van der Waals surface area contributed by atoms with Crippen molar-refractivity contribution in [1.82, 2.24) is 34.7 Å². The van der Waals surface area contributed by atoms with Crippen LogP contribution in [0.2, 0.25) is 0 Å². The standard InChI is InChI=1S/C26H35F3N8O2S.2C2H6/c1-25(2,38)17-36-16-18(14-33-36)23-22(26(27,28)29)15-32-24(35-23)34-20-4-6-21(7-5-20)40(39)37-12-8-19(9-13-37)31-11-10-30-3;2*1-2/h4-7,14-16,19,30-31,38H,8-13,17H2,1-3H3,(H,32,34,35);2*1-2H3. The summed E-state index contributed by atoms with van der Waals surface area (Å²) in [6.07, 6.45) is 0.579. The fourth-order valence-electron chi connectivity index (χ4n) is 4.40. The molecule has 10 nitrogen and oxygen atoms in total. The number of halogens is 3. The number of likely N-dealkylation sites (N-methyl/N-ethyl adjacent to an activating group) is 1. The number of benzene rings is 1. The number of piperidine rings is 1. The Morgan fingerprint density at radius 1 is 1.02 bits per heavy atom. The van der Waals surface area contributed by atoms with Crippen LogP contribution in [0.1, 0.15) is 59.9 Å². The van der Waals surface area contributed by atoms with E-state index < -0.39 is 28.3 Å². The molecule has 1 unspecified atom stereocenters. The lowest BCUT2D eigenvalue weighted by Gasteiger charge is -2.31. The van der Waals surface area contributed by atoms with Gasteiger partial charge in [0.2, 0.25) is 5.95 Å². The van der Waals surface area contributed by atoms with Crippen LogP contribution in [-0.2, 0) is 23.7 Å². The molecule has 3 aromatic rings. The third kappa shape index (κ3) is 11.2. The minimum absolute atomic E-state index is 0.0278. The zero-order valence-corrected chi connectivity index (χ0v) is 27.5. The van der Waals surface area contributed by atoms with Crippen molar-refractivity contribution in [3.8, 4) is 11.3 Å². The minimum atomic E-state index is -4.67. The zero-order chi connectivity index (χ0) is 32.9. The Bertz CT molecular complexity index is 1290. The van der Waals surface area contributed by atoms with Gasteiger partial charge < -0.3 is 21.1 Å². The average molecular weight is 641 g/mol. The molecule has 1 aromatic carbocycles. The number of hydrogen-bond donors (Lipinski definition) is 4. The summed E-state index contributed by atoms with van der Waals surface area (Å²) in [5.41, 5.74) is -1.73. The summed E-state index contributed by atoms with van der Waals surface area (Å²) in [6, 6.07) is 7.25. The highest BCUT2D eigenvalue weighted by atomic mass is 32.2. The number of aromatic nitrogens is 4. The number of rotatable bonds is 11. The molecule has 246 valence electrons. The highest BCUT2D eigenvalue weighted by Crippen LogP contribution is 2.36. The number of hydrogen-bond acceptors (Lipinski definition) is 8. The van der Waals surface area contributed by atoms with Crippen LogP contribution >= 0.6 is 0 Å². The van der Waals surface area contributed by atoms with Crippen molar-refractivity contribution in [2.75, 3.05) is 38.5 Å². The van der Waals surface area contributed by atoms with Gasteiger partial charge in [0.1, 0.15) is 16.5 Å².